The summed E-state index contributed by atoms with van der Waals surface area (Å²) in [4.78, 5) is 2.77. The minimum atomic E-state index is 0.412. The molecule has 2 N–H and O–H groups in total. The molecule has 5 aliphatic rings. The fourth-order valence-electron chi connectivity index (χ4n) is 6.83. The second-order valence-corrected chi connectivity index (χ2v) is 9.01. The van der Waals surface area contributed by atoms with Crippen molar-refractivity contribution in [3.8, 4) is 0 Å². The number of hydrogen-bond donors (Lipinski definition) is 1. The van der Waals surface area contributed by atoms with Gasteiger partial charge in [-0.3, -0.25) is 4.90 Å². The number of likely N-dealkylation sites (tertiary alicyclic amines) is 1. The highest BCUT2D eigenvalue weighted by Gasteiger charge is 2.54. The minimum absolute atomic E-state index is 0.412. The van der Waals surface area contributed by atoms with E-state index in [1.54, 1.807) is 19.3 Å². The largest absolute Gasteiger partial charge is 0.327 e. The van der Waals surface area contributed by atoms with Crippen molar-refractivity contribution in [2.75, 3.05) is 13.1 Å². The number of nitrogens with zero attached hydrogens (tertiary/aromatic N) is 1. The molecule has 4 bridgehead atoms. The van der Waals surface area contributed by atoms with Gasteiger partial charge >= 0.3 is 0 Å². The lowest BCUT2D eigenvalue weighted by Crippen LogP contribution is -2.59. The van der Waals surface area contributed by atoms with Crippen LogP contribution in [-0.2, 0) is 0 Å². The zero-order chi connectivity index (χ0) is 13.9. The molecule has 1 saturated heterocycles. The van der Waals surface area contributed by atoms with Gasteiger partial charge in [0, 0.05) is 25.2 Å². The van der Waals surface area contributed by atoms with Gasteiger partial charge in [0.15, 0.2) is 0 Å². The zero-order valence-corrected chi connectivity index (χ0v) is 13.4. The van der Waals surface area contributed by atoms with E-state index in [-0.39, 0.29) is 0 Å². The van der Waals surface area contributed by atoms with Gasteiger partial charge in [0.25, 0.3) is 0 Å². The lowest BCUT2D eigenvalue weighted by atomic mass is 9.47. The van der Waals surface area contributed by atoms with Gasteiger partial charge < -0.3 is 5.73 Å². The fraction of sp³-hybridized carbons (Fsp3) is 1.00. The number of nitrogens with two attached hydrogens (primary N) is 1. The first-order valence-corrected chi connectivity index (χ1v) is 9.04. The number of piperidine rings is 1. The van der Waals surface area contributed by atoms with Crippen molar-refractivity contribution >= 4 is 0 Å². The molecule has 1 aliphatic heterocycles. The first-order valence-electron chi connectivity index (χ1n) is 9.04. The standard InChI is InChI=1S/C18H32N2/c1-12-3-17(19)11-20(10-12)13(2)18-7-14-4-15(8-18)6-16(5-14)9-18/h12-17H,3-11,19H2,1-2H3. The fourth-order valence-corrected chi connectivity index (χ4v) is 6.83. The second kappa shape index (κ2) is 4.71. The Morgan fingerprint density at radius 3 is 2.00 bits per heavy atom. The number of hydrogen-bond acceptors (Lipinski definition) is 2. The molecule has 2 heteroatoms. The molecule has 0 radical (unpaired) electrons. The van der Waals surface area contributed by atoms with Crippen LogP contribution < -0.4 is 5.73 Å². The molecule has 0 aromatic carbocycles. The van der Waals surface area contributed by atoms with E-state index in [4.69, 9.17) is 5.73 Å². The van der Waals surface area contributed by atoms with Crippen LogP contribution in [0.25, 0.3) is 0 Å². The average Bonchev–Trinajstić information content (AvgIpc) is 2.35. The molecule has 114 valence electrons. The van der Waals surface area contributed by atoms with Crippen LogP contribution in [0.3, 0.4) is 0 Å². The Kier molecular flexibility index (Phi) is 3.20. The molecular formula is C18H32N2. The summed E-state index contributed by atoms with van der Waals surface area (Å²) in [7, 11) is 0. The quantitative estimate of drug-likeness (QED) is 0.839. The van der Waals surface area contributed by atoms with Crippen LogP contribution in [0.5, 0.6) is 0 Å². The second-order valence-electron chi connectivity index (χ2n) is 9.01. The van der Waals surface area contributed by atoms with Gasteiger partial charge in [-0.25, -0.2) is 0 Å². The van der Waals surface area contributed by atoms with E-state index in [1.165, 1.54) is 32.2 Å². The van der Waals surface area contributed by atoms with Gasteiger partial charge in [0.05, 0.1) is 0 Å². The van der Waals surface area contributed by atoms with Crippen LogP contribution in [0.15, 0.2) is 0 Å². The van der Waals surface area contributed by atoms with Gasteiger partial charge in [-0.15, -0.1) is 0 Å². The molecule has 5 fully saturated rings. The number of rotatable bonds is 2. The molecule has 1 heterocycles. The van der Waals surface area contributed by atoms with E-state index in [9.17, 15) is 0 Å². The Morgan fingerprint density at radius 2 is 1.50 bits per heavy atom. The predicted molar refractivity (Wildman–Crippen MR) is 83.4 cm³/mol. The summed E-state index contributed by atoms with van der Waals surface area (Å²) in [5.74, 6) is 3.99. The third kappa shape index (κ3) is 2.14. The summed E-state index contributed by atoms with van der Waals surface area (Å²) in [6, 6.07) is 1.18. The SMILES string of the molecule is CC1CC(N)CN(C(C)C23CC4CC(CC(C4)C2)C3)C1. The summed E-state index contributed by atoms with van der Waals surface area (Å²) >= 11 is 0. The monoisotopic (exact) mass is 276 g/mol. The summed E-state index contributed by atoms with van der Waals surface area (Å²) < 4.78 is 0. The molecule has 4 aliphatic carbocycles. The Morgan fingerprint density at radius 1 is 0.950 bits per heavy atom. The third-order valence-electron chi connectivity index (χ3n) is 7.24. The van der Waals surface area contributed by atoms with Gasteiger partial charge in [-0.2, -0.15) is 0 Å². The first kappa shape index (κ1) is 13.6. The molecule has 3 unspecified atom stereocenters. The molecule has 0 aromatic heterocycles. The van der Waals surface area contributed by atoms with Gasteiger partial charge in [-0.05, 0) is 81.0 Å². The molecular weight excluding hydrogens is 244 g/mol. The Labute approximate surface area is 124 Å². The van der Waals surface area contributed by atoms with Crippen LogP contribution >= 0.6 is 0 Å². The Bertz CT molecular complexity index is 332. The molecule has 3 atom stereocenters. The molecule has 0 aromatic rings. The van der Waals surface area contributed by atoms with Crippen LogP contribution in [0.1, 0.15) is 58.8 Å². The molecule has 0 spiro atoms. The normalized spacial score (nSPS) is 53.2. The van der Waals surface area contributed by atoms with Crippen molar-refractivity contribution in [2.24, 2.45) is 34.8 Å². The summed E-state index contributed by atoms with van der Waals surface area (Å²) in [6.07, 6.45) is 10.5. The smallest absolute Gasteiger partial charge is 0.0170 e. The van der Waals surface area contributed by atoms with Crippen molar-refractivity contribution in [1.82, 2.24) is 4.90 Å². The third-order valence-corrected chi connectivity index (χ3v) is 7.24. The van der Waals surface area contributed by atoms with E-state index in [2.05, 4.69) is 18.7 Å². The maximum Gasteiger partial charge on any atom is 0.0170 e. The minimum Gasteiger partial charge on any atom is -0.327 e. The lowest BCUT2D eigenvalue weighted by molar-refractivity contribution is -0.103. The van der Waals surface area contributed by atoms with Gasteiger partial charge in [-0.1, -0.05) is 6.92 Å². The first-order chi connectivity index (χ1) is 9.54. The van der Waals surface area contributed by atoms with Crippen molar-refractivity contribution < 1.29 is 0 Å². The van der Waals surface area contributed by atoms with Crippen molar-refractivity contribution in [3.05, 3.63) is 0 Å². The van der Waals surface area contributed by atoms with Crippen molar-refractivity contribution in [2.45, 2.75) is 70.9 Å². The molecule has 4 saturated carbocycles. The maximum atomic E-state index is 6.30. The highest BCUT2D eigenvalue weighted by molar-refractivity contribution is 5.06. The van der Waals surface area contributed by atoms with Crippen molar-refractivity contribution in [1.29, 1.82) is 0 Å². The van der Waals surface area contributed by atoms with Crippen molar-refractivity contribution in [3.63, 3.8) is 0 Å². The van der Waals surface area contributed by atoms with Crippen LogP contribution in [0, 0.1) is 29.1 Å². The van der Waals surface area contributed by atoms with E-state index < -0.39 is 0 Å². The average molecular weight is 276 g/mol. The van der Waals surface area contributed by atoms with Gasteiger partial charge in [0.1, 0.15) is 0 Å². The predicted octanol–water partition coefficient (Wildman–Crippen LogP) is 3.26. The molecule has 5 rings (SSSR count). The van der Waals surface area contributed by atoms with E-state index in [1.807, 2.05) is 0 Å². The zero-order valence-electron chi connectivity index (χ0n) is 13.4. The summed E-state index contributed by atoms with van der Waals surface area (Å²) in [5.41, 5.74) is 6.96. The van der Waals surface area contributed by atoms with Gasteiger partial charge in [0.2, 0.25) is 0 Å². The molecule has 20 heavy (non-hydrogen) atoms. The van der Waals surface area contributed by atoms with Crippen LogP contribution in [0.4, 0.5) is 0 Å². The maximum absolute atomic E-state index is 6.30. The van der Waals surface area contributed by atoms with E-state index in [0.29, 0.717) is 11.5 Å². The molecule has 2 nitrogen and oxygen atoms in total. The summed E-state index contributed by atoms with van der Waals surface area (Å²) in [6.45, 7) is 7.36. The summed E-state index contributed by atoms with van der Waals surface area (Å²) in [5, 5.41) is 0. The Hall–Kier alpha value is -0.0800. The van der Waals surface area contributed by atoms with E-state index >= 15 is 0 Å². The Balaban J connectivity index is 1.54. The van der Waals surface area contributed by atoms with E-state index in [0.717, 1.165) is 36.3 Å². The van der Waals surface area contributed by atoms with Crippen LogP contribution in [0.2, 0.25) is 0 Å². The highest BCUT2D eigenvalue weighted by atomic mass is 15.2. The van der Waals surface area contributed by atoms with Crippen LogP contribution in [-0.4, -0.2) is 30.1 Å². The lowest BCUT2D eigenvalue weighted by Gasteiger charge is -2.61. The topological polar surface area (TPSA) is 29.3 Å². The molecule has 0 amide bonds. The highest BCUT2D eigenvalue weighted by Crippen LogP contribution is 2.62.